The molecule has 0 radical (unpaired) electrons. The van der Waals surface area contributed by atoms with Gasteiger partial charge in [0.05, 0.1) is 5.75 Å². The Hall–Kier alpha value is -0.600. The van der Waals surface area contributed by atoms with E-state index in [0.29, 0.717) is 18.7 Å². The van der Waals surface area contributed by atoms with Gasteiger partial charge >= 0.3 is 0 Å². The van der Waals surface area contributed by atoms with Crippen LogP contribution in [0.4, 0.5) is 0 Å². The van der Waals surface area contributed by atoms with Gasteiger partial charge in [0.25, 0.3) is 0 Å². The molecule has 1 N–H and O–H groups in total. The lowest BCUT2D eigenvalue weighted by molar-refractivity contribution is -0.118. The number of thioether (sulfide) groups is 2. The molecule has 1 aromatic heterocycles. The van der Waals surface area contributed by atoms with E-state index < -0.39 is 0 Å². The minimum Gasteiger partial charge on any atom is -0.355 e. The maximum Gasteiger partial charge on any atom is 0.230 e. The van der Waals surface area contributed by atoms with Crippen molar-refractivity contribution in [1.82, 2.24) is 15.5 Å². The van der Waals surface area contributed by atoms with Crippen molar-refractivity contribution in [2.75, 3.05) is 18.1 Å². The molecule has 0 saturated carbocycles. The summed E-state index contributed by atoms with van der Waals surface area (Å²) >= 11 is 4.38. The van der Waals surface area contributed by atoms with Crippen molar-refractivity contribution >= 4 is 46.6 Å². The third kappa shape index (κ3) is 7.54. The van der Waals surface area contributed by atoms with Crippen molar-refractivity contribution < 1.29 is 9.59 Å². The number of ketones is 1. The summed E-state index contributed by atoms with van der Waals surface area (Å²) < 4.78 is 1.63. The van der Waals surface area contributed by atoms with Crippen LogP contribution in [0.25, 0.3) is 0 Å². The fraction of sp³-hybridized carbons (Fsp3) is 0.636. The molecule has 0 aliphatic carbocycles. The lowest BCUT2D eigenvalue weighted by atomic mass is 10.4. The van der Waals surface area contributed by atoms with E-state index in [9.17, 15) is 9.59 Å². The number of carbonyl (C=O) groups is 2. The number of nitrogens with zero attached hydrogens (tertiary/aromatic N) is 2. The molecule has 0 unspecified atom stereocenters. The first-order valence-electron chi connectivity index (χ1n) is 5.97. The summed E-state index contributed by atoms with van der Waals surface area (Å²) in [6, 6.07) is 0. The van der Waals surface area contributed by atoms with Gasteiger partial charge in [0, 0.05) is 18.7 Å². The molecular formula is C11H17N3O2S3. The van der Waals surface area contributed by atoms with Crippen LogP contribution in [0.1, 0.15) is 26.7 Å². The first kappa shape index (κ1) is 16.5. The number of hydrogen-bond acceptors (Lipinski definition) is 7. The summed E-state index contributed by atoms with van der Waals surface area (Å²) in [6.07, 6.45) is 1.48. The maximum absolute atomic E-state index is 11.4. The molecule has 0 aromatic carbocycles. The number of rotatable bonds is 9. The average Bonchev–Trinajstić information content (AvgIpc) is 2.81. The summed E-state index contributed by atoms with van der Waals surface area (Å²) in [6.45, 7) is 4.31. The minimum absolute atomic E-state index is 0.0211. The van der Waals surface area contributed by atoms with Crippen LogP contribution >= 0.6 is 34.9 Å². The van der Waals surface area contributed by atoms with Crippen molar-refractivity contribution in [3.05, 3.63) is 0 Å². The van der Waals surface area contributed by atoms with Crippen LogP contribution in [0.15, 0.2) is 8.68 Å². The molecular weight excluding hydrogens is 302 g/mol. The molecule has 8 heteroatoms. The second-order valence-corrected chi connectivity index (χ2v) is 7.32. The Kier molecular flexibility index (Phi) is 8.08. The lowest BCUT2D eigenvalue weighted by Crippen LogP contribution is -2.25. The SMILES string of the molecule is CCCNC(=O)CSc1nnc(SCCC(C)=O)s1. The van der Waals surface area contributed by atoms with Gasteiger partial charge in [0.2, 0.25) is 5.91 Å². The van der Waals surface area contributed by atoms with Gasteiger partial charge in [-0.25, -0.2) is 0 Å². The lowest BCUT2D eigenvalue weighted by Gasteiger charge is -2.00. The van der Waals surface area contributed by atoms with Gasteiger partial charge in [0.15, 0.2) is 8.68 Å². The topological polar surface area (TPSA) is 72.0 Å². The Morgan fingerprint density at radius 3 is 2.58 bits per heavy atom. The average molecular weight is 319 g/mol. The van der Waals surface area contributed by atoms with Gasteiger partial charge in [-0.15, -0.1) is 10.2 Å². The zero-order chi connectivity index (χ0) is 14.1. The first-order valence-corrected chi connectivity index (χ1v) is 8.75. The van der Waals surface area contributed by atoms with Crippen LogP contribution in [0.5, 0.6) is 0 Å². The van der Waals surface area contributed by atoms with Crippen molar-refractivity contribution in [3.63, 3.8) is 0 Å². The number of Topliss-reactive ketones (excluding diaryl/α,β-unsaturated/α-hetero) is 1. The van der Waals surface area contributed by atoms with Gasteiger partial charge in [-0.3, -0.25) is 9.59 Å². The van der Waals surface area contributed by atoms with E-state index in [0.717, 1.165) is 20.9 Å². The Labute approximate surface area is 125 Å². The second-order valence-electron chi connectivity index (χ2n) is 3.77. The number of hydrogen-bond donors (Lipinski definition) is 1. The summed E-state index contributed by atoms with van der Waals surface area (Å²) in [5, 5.41) is 10.8. The Morgan fingerprint density at radius 1 is 1.26 bits per heavy atom. The van der Waals surface area contributed by atoms with E-state index in [-0.39, 0.29) is 11.7 Å². The maximum atomic E-state index is 11.4. The quantitative estimate of drug-likeness (QED) is 0.704. The summed E-state index contributed by atoms with van der Waals surface area (Å²) in [5.74, 6) is 1.30. The summed E-state index contributed by atoms with van der Waals surface area (Å²) in [5.41, 5.74) is 0. The number of nitrogens with one attached hydrogen (secondary N) is 1. The molecule has 0 aliphatic heterocycles. The van der Waals surface area contributed by atoms with Gasteiger partial charge in [-0.05, 0) is 13.3 Å². The Bertz CT molecular complexity index is 423. The van der Waals surface area contributed by atoms with Crippen LogP contribution in [0, 0.1) is 0 Å². The third-order valence-electron chi connectivity index (χ3n) is 1.97. The summed E-state index contributed by atoms with van der Waals surface area (Å²) in [7, 11) is 0. The standard InChI is InChI=1S/C11H17N3O2S3/c1-3-5-12-9(16)7-18-11-14-13-10(19-11)17-6-4-8(2)15/h3-7H2,1-2H3,(H,12,16). The highest BCUT2D eigenvalue weighted by Gasteiger charge is 2.08. The first-order chi connectivity index (χ1) is 9.11. The molecule has 106 valence electrons. The molecule has 0 fully saturated rings. The van der Waals surface area contributed by atoms with Crippen molar-refractivity contribution in [1.29, 1.82) is 0 Å². The van der Waals surface area contributed by atoms with Crippen LogP contribution in [0.2, 0.25) is 0 Å². The van der Waals surface area contributed by atoms with E-state index in [1.54, 1.807) is 6.92 Å². The van der Waals surface area contributed by atoms with Gasteiger partial charge in [0.1, 0.15) is 5.78 Å². The molecule has 0 bridgehead atoms. The molecule has 0 spiro atoms. The van der Waals surface area contributed by atoms with Crippen LogP contribution < -0.4 is 5.32 Å². The number of aromatic nitrogens is 2. The van der Waals surface area contributed by atoms with Crippen molar-refractivity contribution in [3.8, 4) is 0 Å². The molecule has 0 saturated heterocycles. The fourth-order valence-electron chi connectivity index (χ4n) is 1.04. The highest BCUT2D eigenvalue weighted by molar-refractivity contribution is 8.03. The Morgan fingerprint density at radius 2 is 1.95 bits per heavy atom. The van der Waals surface area contributed by atoms with Crippen LogP contribution in [0.3, 0.4) is 0 Å². The minimum atomic E-state index is 0.0211. The largest absolute Gasteiger partial charge is 0.355 e. The highest BCUT2D eigenvalue weighted by atomic mass is 32.2. The number of carbonyl (C=O) groups excluding carboxylic acids is 2. The van der Waals surface area contributed by atoms with E-state index in [2.05, 4.69) is 15.5 Å². The summed E-state index contributed by atoms with van der Waals surface area (Å²) in [4.78, 5) is 22.2. The predicted octanol–water partition coefficient (Wildman–Crippen LogP) is 2.23. The van der Waals surface area contributed by atoms with E-state index in [1.807, 2.05) is 6.92 Å². The normalized spacial score (nSPS) is 10.4. The molecule has 1 aromatic rings. The highest BCUT2D eigenvalue weighted by Crippen LogP contribution is 2.28. The van der Waals surface area contributed by atoms with Crippen molar-refractivity contribution in [2.45, 2.75) is 35.4 Å². The number of amides is 1. The smallest absolute Gasteiger partial charge is 0.230 e. The molecule has 5 nitrogen and oxygen atoms in total. The molecule has 19 heavy (non-hydrogen) atoms. The third-order valence-corrected chi connectivity index (χ3v) is 5.16. The zero-order valence-corrected chi connectivity index (χ0v) is 13.4. The van der Waals surface area contributed by atoms with E-state index in [4.69, 9.17) is 0 Å². The fourth-order valence-corrected chi connectivity index (χ4v) is 4.00. The van der Waals surface area contributed by atoms with E-state index in [1.165, 1.54) is 34.9 Å². The second kappa shape index (κ2) is 9.33. The zero-order valence-electron chi connectivity index (χ0n) is 11.0. The van der Waals surface area contributed by atoms with Crippen LogP contribution in [-0.2, 0) is 9.59 Å². The molecule has 1 rings (SSSR count). The Balaban J connectivity index is 2.26. The van der Waals surface area contributed by atoms with Gasteiger partial charge < -0.3 is 5.32 Å². The molecule has 1 heterocycles. The monoisotopic (exact) mass is 319 g/mol. The molecule has 0 aliphatic rings. The molecule has 1 amide bonds. The van der Waals surface area contributed by atoms with Crippen LogP contribution in [-0.4, -0.2) is 39.9 Å². The van der Waals surface area contributed by atoms with E-state index >= 15 is 0 Å². The van der Waals surface area contributed by atoms with Crippen molar-refractivity contribution in [2.24, 2.45) is 0 Å². The van der Waals surface area contributed by atoms with Gasteiger partial charge in [-0.2, -0.15) is 0 Å². The molecule has 0 atom stereocenters. The van der Waals surface area contributed by atoms with Gasteiger partial charge in [-0.1, -0.05) is 41.8 Å². The predicted molar refractivity (Wildman–Crippen MR) is 80.0 cm³/mol.